The quantitative estimate of drug-likeness (QED) is 0.754. The number of rotatable bonds is 3. The minimum Gasteiger partial charge on any atom is -0.342 e. The fourth-order valence-corrected chi connectivity index (χ4v) is 2.11. The second-order valence-electron chi connectivity index (χ2n) is 5.51. The normalized spacial score (nSPS) is 25.8. The molecule has 1 heterocycles. The van der Waals surface area contributed by atoms with Crippen molar-refractivity contribution in [2.45, 2.75) is 46.2 Å². The van der Waals surface area contributed by atoms with Gasteiger partial charge in [0, 0.05) is 6.54 Å². The van der Waals surface area contributed by atoms with E-state index in [-0.39, 0.29) is 23.3 Å². The lowest BCUT2D eigenvalue weighted by Gasteiger charge is -2.42. The largest absolute Gasteiger partial charge is 0.342 e. The van der Waals surface area contributed by atoms with E-state index < -0.39 is 6.04 Å². The first kappa shape index (κ1) is 13.7. The number of nitrogens with one attached hydrogen (secondary N) is 1. The van der Waals surface area contributed by atoms with E-state index in [0.29, 0.717) is 13.0 Å². The van der Waals surface area contributed by atoms with Crippen molar-refractivity contribution in [1.82, 2.24) is 10.2 Å². The summed E-state index contributed by atoms with van der Waals surface area (Å²) in [7, 11) is 0. The summed E-state index contributed by atoms with van der Waals surface area (Å²) in [6, 6.07) is -0.808. The molecule has 0 bridgehead atoms. The van der Waals surface area contributed by atoms with Crippen molar-refractivity contribution in [3.05, 3.63) is 12.7 Å². The van der Waals surface area contributed by atoms with E-state index in [9.17, 15) is 9.59 Å². The van der Waals surface area contributed by atoms with Crippen molar-refractivity contribution in [2.75, 3.05) is 6.54 Å². The summed E-state index contributed by atoms with van der Waals surface area (Å²) in [4.78, 5) is 25.9. The average molecular weight is 238 g/mol. The average Bonchev–Trinajstić information content (AvgIpc) is 2.22. The molecule has 2 unspecified atom stereocenters. The number of carbonyl (C=O) groups is 2. The lowest BCUT2D eigenvalue weighted by Crippen LogP contribution is -2.66. The van der Waals surface area contributed by atoms with Crippen molar-refractivity contribution in [2.24, 2.45) is 5.41 Å². The summed E-state index contributed by atoms with van der Waals surface area (Å²) in [6.07, 6.45) is 2.29. The monoisotopic (exact) mass is 238 g/mol. The van der Waals surface area contributed by atoms with Crippen LogP contribution in [0.5, 0.6) is 0 Å². The van der Waals surface area contributed by atoms with E-state index in [0.717, 1.165) is 0 Å². The highest BCUT2D eigenvalue weighted by Crippen LogP contribution is 2.25. The second kappa shape index (κ2) is 4.90. The van der Waals surface area contributed by atoms with E-state index in [1.807, 2.05) is 27.7 Å². The Kier molecular flexibility index (Phi) is 3.96. The third kappa shape index (κ3) is 2.68. The van der Waals surface area contributed by atoms with Gasteiger partial charge in [0.1, 0.15) is 12.1 Å². The molecule has 1 N–H and O–H groups in total. The number of nitrogens with zero attached hydrogens (tertiary/aromatic N) is 1. The third-order valence-electron chi connectivity index (χ3n) is 3.07. The molecule has 4 heteroatoms. The Balaban J connectivity index is 3.01. The van der Waals surface area contributed by atoms with Crippen molar-refractivity contribution >= 4 is 11.8 Å². The summed E-state index contributed by atoms with van der Waals surface area (Å²) < 4.78 is 0. The molecule has 0 aromatic carbocycles. The number of piperazine rings is 1. The molecule has 1 fully saturated rings. The molecule has 0 aliphatic carbocycles. The Morgan fingerprint density at radius 3 is 2.41 bits per heavy atom. The first-order chi connectivity index (χ1) is 7.82. The molecule has 4 nitrogen and oxygen atoms in total. The van der Waals surface area contributed by atoms with Gasteiger partial charge >= 0.3 is 0 Å². The van der Waals surface area contributed by atoms with E-state index in [1.165, 1.54) is 0 Å². The number of hydrogen-bond acceptors (Lipinski definition) is 2. The Labute approximate surface area is 103 Å². The SMILES string of the molecule is C=CCN1C(=O)C(C(C)(C)C)NC(=O)C1CC. The van der Waals surface area contributed by atoms with Crippen LogP contribution in [-0.2, 0) is 9.59 Å². The van der Waals surface area contributed by atoms with E-state index in [1.54, 1.807) is 11.0 Å². The van der Waals surface area contributed by atoms with Crippen molar-refractivity contribution in [3.63, 3.8) is 0 Å². The molecule has 0 radical (unpaired) electrons. The molecule has 0 saturated carbocycles. The van der Waals surface area contributed by atoms with Gasteiger partial charge in [-0.25, -0.2) is 0 Å². The fourth-order valence-electron chi connectivity index (χ4n) is 2.11. The number of hydrogen-bond donors (Lipinski definition) is 1. The van der Waals surface area contributed by atoms with E-state index in [2.05, 4.69) is 11.9 Å². The summed E-state index contributed by atoms with van der Waals surface area (Å²) in [6.45, 7) is 11.8. The molecule has 0 spiro atoms. The van der Waals surface area contributed by atoms with Crippen LogP contribution in [0.25, 0.3) is 0 Å². The molecular formula is C13H22N2O2. The molecule has 0 aromatic rings. The standard InChI is InChI=1S/C13H22N2O2/c1-6-8-15-9(7-2)11(16)14-10(12(15)17)13(3,4)5/h6,9-10H,1,7-8H2,2-5H3,(H,14,16). The van der Waals surface area contributed by atoms with Crippen molar-refractivity contribution in [3.8, 4) is 0 Å². The Bertz CT molecular complexity index is 331. The minimum atomic E-state index is -0.447. The maximum atomic E-state index is 12.3. The van der Waals surface area contributed by atoms with Crippen LogP contribution in [0.4, 0.5) is 0 Å². The van der Waals surface area contributed by atoms with Crippen molar-refractivity contribution < 1.29 is 9.59 Å². The van der Waals surface area contributed by atoms with Crippen molar-refractivity contribution in [1.29, 1.82) is 0 Å². The predicted molar refractivity (Wildman–Crippen MR) is 67.4 cm³/mol. The van der Waals surface area contributed by atoms with Gasteiger partial charge in [-0.15, -0.1) is 6.58 Å². The summed E-state index contributed by atoms with van der Waals surface area (Å²) in [5.74, 6) is -0.0716. The van der Waals surface area contributed by atoms with Gasteiger partial charge in [0.05, 0.1) is 0 Å². The first-order valence-electron chi connectivity index (χ1n) is 6.04. The Morgan fingerprint density at radius 2 is 2.00 bits per heavy atom. The molecule has 1 saturated heterocycles. The van der Waals surface area contributed by atoms with Gasteiger partial charge < -0.3 is 10.2 Å². The number of carbonyl (C=O) groups excluding carboxylic acids is 2. The number of amides is 2. The zero-order valence-electron chi connectivity index (χ0n) is 11.1. The zero-order chi connectivity index (χ0) is 13.2. The first-order valence-corrected chi connectivity index (χ1v) is 6.04. The molecule has 2 amide bonds. The van der Waals surface area contributed by atoms with Gasteiger partial charge in [-0.3, -0.25) is 9.59 Å². The molecule has 17 heavy (non-hydrogen) atoms. The highest BCUT2D eigenvalue weighted by Gasteiger charge is 2.43. The third-order valence-corrected chi connectivity index (χ3v) is 3.07. The molecule has 1 aliphatic heterocycles. The van der Waals surface area contributed by atoms with Gasteiger partial charge in [0.15, 0.2) is 0 Å². The topological polar surface area (TPSA) is 49.4 Å². The fraction of sp³-hybridized carbons (Fsp3) is 0.692. The maximum Gasteiger partial charge on any atom is 0.246 e. The molecule has 0 aromatic heterocycles. The highest BCUT2D eigenvalue weighted by atomic mass is 16.2. The van der Waals surface area contributed by atoms with Crippen LogP contribution < -0.4 is 5.32 Å². The molecule has 1 aliphatic rings. The van der Waals surface area contributed by atoms with Gasteiger partial charge in [-0.05, 0) is 11.8 Å². The van der Waals surface area contributed by atoms with E-state index in [4.69, 9.17) is 0 Å². The summed E-state index contributed by atoms with van der Waals surface area (Å²) >= 11 is 0. The zero-order valence-corrected chi connectivity index (χ0v) is 11.1. The molecule has 96 valence electrons. The molecule has 1 rings (SSSR count). The lowest BCUT2D eigenvalue weighted by molar-refractivity contribution is -0.151. The van der Waals surface area contributed by atoms with Crippen LogP contribution in [0.15, 0.2) is 12.7 Å². The molecular weight excluding hydrogens is 216 g/mol. The van der Waals surface area contributed by atoms with Gasteiger partial charge in [0.2, 0.25) is 11.8 Å². The van der Waals surface area contributed by atoms with E-state index >= 15 is 0 Å². The van der Waals surface area contributed by atoms with Gasteiger partial charge in [-0.2, -0.15) is 0 Å². The summed E-state index contributed by atoms with van der Waals surface area (Å²) in [5.41, 5.74) is -0.273. The summed E-state index contributed by atoms with van der Waals surface area (Å²) in [5, 5.41) is 2.83. The van der Waals surface area contributed by atoms with Crippen LogP contribution in [0.3, 0.4) is 0 Å². The highest BCUT2D eigenvalue weighted by molar-refractivity contribution is 5.97. The predicted octanol–water partition coefficient (Wildman–Crippen LogP) is 1.32. The second-order valence-corrected chi connectivity index (χ2v) is 5.51. The van der Waals surface area contributed by atoms with Crippen LogP contribution in [0, 0.1) is 5.41 Å². The van der Waals surface area contributed by atoms with Gasteiger partial charge in [-0.1, -0.05) is 33.8 Å². The van der Waals surface area contributed by atoms with Crippen LogP contribution in [0.2, 0.25) is 0 Å². The van der Waals surface area contributed by atoms with Crippen LogP contribution in [-0.4, -0.2) is 35.3 Å². The van der Waals surface area contributed by atoms with Crippen LogP contribution >= 0.6 is 0 Å². The minimum absolute atomic E-state index is 0.0103. The Hall–Kier alpha value is -1.32. The smallest absolute Gasteiger partial charge is 0.246 e. The van der Waals surface area contributed by atoms with Crippen LogP contribution in [0.1, 0.15) is 34.1 Å². The molecule has 2 atom stereocenters. The lowest BCUT2D eigenvalue weighted by atomic mass is 9.83. The Morgan fingerprint density at radius 1 is 1.41 bits per heavy atom. The maximum absolute atomic E-state index is 12.3. The van der Waals surface area contributed by atoms with Gasteiger partial charge in [0.25, 0.3) is 0 Å².